The largest absolute Gasteiger partial charge is 0.463 e. The van der Waals surface area contributed by atoms with Gasteiger partial charge in [-0.05, 0) is 18.9 Å². The van der Waals surface area contributed by atoms with Crippen LogP contribution in [0.15, 0.2) is 42.5 Å². The molecular formula is C14H18N2O2S. The lowest BCUT2D eigenvalue weighted by Gasteiger charge is -2.11. The average molecular weight is 278 g/mol. The number of carbonyl (C=O) groups is 1. The molecule has 1 aromatic rings. The Labute approximate surface area is 117 Å². The highest BCUT2D eigenvalue weighted by Crippen LogP contribution is 2.17. The van der Waals surface area contributed by atoms with E-state index in [9.17, 15) is 4.79 Å². The van der Waals surface area contributed by atoms with Crippen LogP contribution in [0.2, 0.25) is 0 Å². The summed E-state index contributed by atoms with van der Waals surface area (Å²) in [5.41, 5.74) is 6.54. The molecule has 0 saturated carbocycles. The van der Waals surface area contributed by atoms with E-state index in [-0.39, 0.29) is 16.4 Å². The summed E-state index contributed by atoms with van der Waals surface area (Å²) in [4.78, 5) is 11.3. The Bertz CT molecular complexity index is 446. The first-order chi connectivity index (χ1) is 9.11. The highest BCUT2D eigenvalue weighted by atomic mass is 32.2. The average Bonchev–Trinajstić information content (AvgIpc) is 2.37. The Hall–Kier alpha value is -1.75. The first kappa shape index (κ1) is 15.3. The molecule has 1 unspecified atom stereocenters. The van der Waals surface area contributed by atoms with E-state index in [0.29, 0.717) is 13.0 Å². The molecule has 4 nitrogen and oxygen atoms in total. The molecule has 0 spiro atoms. The van der Waals surface area contributed by atoms with E-state index in [1.165, 1.54) is 17.8 Å². The molecule has 0 aliphatic rings. The van der Waals surface area contributed by atoms with Crippen molar-refractivity contribution in [2.24, 2.45) is 5.73 Å². The predicted octanol–water partition coefficient (Wildman–Crippen LogP) is 2.34. The summed E-state index contributed by atoms with van der Waals surface area (Å²) in [6, 6.07) is 9.88. The molecule has 0 fully saturated rings. The molecule has 0 bridgehead atoms. The molecule has 0 aromatic heterocycles. The molecule has 5 heteroatoms. The van der Waals surface area contributed by atoms with Crippen molar-refractivity contribution in [2.45, 2.75) is 18.6 Å². The minimum atomic E-state index is -0.371. The van der Waals surface area contributed by atoms with Gasteiger partial charge in [0, 0.05) is 11.3 Å². The van der Waals surface area contributed by atoms with Crippen LogP contribution in [0.5, 0.6) is 0 Å². The number of esters is 1. The van der Waals surface area contributed by atoms with E-state index in [2.05, 4.69) is 0 Å². The third kappa shape index (κ3) is 6.67. The summed E-state index contributed by atoms with van der Waals surface area (Å²) < 4.78 is 4.83. The van der Waals surface area contributed by atoms with E-state index in [1.807, 2.05) is 30.3 Å². The summed E-state index contributed by atoms with van der Waals surface area (Å²) in [7, 11) is 0. The van der Waals surface area contributed by atoms with Gasteiger partial charge < -0.3 is 10.5 Å². The summed E-state index contributed by atoms with van der Waals surface area (Å²) in [5, 5.41) is 7.33. The number of ether oxygens (including phenoxy) is 1. The number of benzene rings is 1. The zero-order valence-corrected chi connectivity index (χ0v) is 11.7. The van der Waals surface area contributed by atoms with E-state index < -0.39 is 0 Å². The molecule has 0 heterocycles. The topological polar surface area (TPSA) is 76.2 Å². The molecule has 3 N–H and O–H groups in total. The van der Waals surface area contributed by atoms with Crippen molar-refractivity contribution < 1.29 is 9.53 Å². The fourth-order valence-electron chi connectivity index (χ4n) is 1.53. The van der Waals surface area contributed by atoms with Gasteiger partial charge in [0.05, 0.1) is 6.61 Å². The molecule has 0 aliphatic heterocycles. The van der Waals surface area contributed by atoms with Crippen molar-refractivity contribution in [1.82, 2.24) is 0 Å². The smallest absolute Gasteiger partial charge is 0.330 e. The van der Waals surface area contributed by atoms with Crippen molar-refractivity contribution in [3.63, 3.8) is 0 Å². The molecule has 1 rings (SSSR count). The van der Waals surface area contributed by atoms with Gasteiger partial charge in [-0.3, -0.25) is 5.41 Å². The normalized spacial score (nSPS) is 12.3. The van der Waals surface area contributed by atoms with Gasteiger partial charge in [-0.2, -0.15) is 0 Å². The third-order valence-electron chi connectivity index (χ3n) is 2.29. The van der Waals surface area contributed by atoms with Crippen LogP contribution in [0.25, 0.3) is 0 Å². The number of rotatable bonds is 6. The third-order valence-corrected chi connectivity index (χ3v) is 3.17. The molecule has 0 radical (unpaired) electrons. The summed E-state index contributed by atoms with van der Waals surface area (Å²) in [6.45, 7) is 2.11. The van der Waals surface area contributed by atoms with Crippen molar-refractivity contribution in [2.75, 3.05) is 6.61 Å². The van der Waals surface area contributed by atoms with Crippen molar-refractivity contribution in [3.8, 4) is 0 Å². The molecule has 102 valence electrons. The van der Waals surface area contributed by atoms with Gasteiger partial charge in [0.2, 0.25) is 0 Å². The van der Waals surface area contributed by atoms with Crippen LogP contribution in [0, 0.1) is 5.41 Å². The second-order valence-corrected chi connectivity index (χ2v) is 5.10. The lowest BCUT2D eigenvalue weighted by molar-refractivity contribution is -0.137. The van der Waals surface area contributed by atoms with Crippen molar-refractivity contribution >= 4 is 22.9 Å². The highest BCUT2D eigenvalue weighted by Gasteiger charge is 2.09. The predicted molar refractivity (Wildman–Crippen MR) is 79.2 cm³/mol. The molecule has 19 heavy (non-hydrogen) atoms. The van der Waals surface area contributed by atoms with E-state index >= 15 is 0 Å². The Morgan fingerprint density at radius 3 is 2.74 bits per heavy atom. The lowest BCUT2D eigenvalue weighted by atomic mass is 10.1. The summed E-state index contributed by atoms with van der Waals surface area (Å²) in [5.74, 6) is -0.371. The maximum atomic E-state index is 11.3. The van der Waals surface area contributed by atoms with Crippen molar-refractivity contribution in [1.29, 1.82) is 5.41 Å². The zero-order valence-electron chi connectivity index (χ0n) is 10.8. The first-order valence-corrected chi connectivity index (χ1v) is 6.89. The monoisotopic (exact) mass is 278 g/mol. The molecule has 1 atom stereocenters. The minimum Gasteiger partial charge on any atom is -0.463 e. The van der Waals surface area contributed by atoms with Crippen LogP contribution < -0.4 is 5.73 Å². The van der Waals surface area contributed by atoms with Gasteiger partial charge in [-0.25, -0.2) is 4.79 Å². The SMILES string of the molecule is CCOC(=O)/C=C/C(Cc1ccccc1)SC(=N)N. The van der Waals surface area contributed by atoms with Crippen LogP contribution in [0.3, 0.4) is 0 Å². The standard InChI is InChI=1S/C14H18N2O2S/c1-2-18-13(17)9-8-12(19-14(15)16)10-11-6-4-3-5-7-11/h3-9,12H,2,10H2,1H3,(H3,15,16)/b9-8+. The molecule has 0 amide bonds. The van der Waals surface area contributed by atoms with Crippen LogP contribution in [0.4, 0.5) is 0 Å². The van der Waals surface area contributed by atoms with Crippen LogP contribution in [0.1, 0.15) is 12.5 Å². The maximum absolute atomic E-state index is 11.3. The number of thioether (sulfide) groups is 1. The summed E-state index contributed by atoms with van der Waals surface area (Å²) >= 11 is 1.22. The Kier molecular flexibility index (Phi) is 6.74. The first-order valence-electron chi connectivity index (χ1n) is 6.01. The molecular weight excluding hydrogens is 260 g/mol. The zero-order chi connectivity index (χ0) is 14.1. The molecule has 0 aliphatic carbocycles. The minimum absolute atomic E-state index is 0.0365. The second-order valence-electron chi connectivity index (χ2n) is 3.82. The van der Waals surface area contributed by atoms with Crippen LogP contribution >= 0.6 is 11.8 Å². The van der Waals surface area contributed by atoms with Crippen molar-refractivity contribution in [3.05, 3.63) is 48.0 Å². The van der Waals surface area contributed by atoms with Gasteiger partial charge in [0.1, 0.15) is 0 Å². The van der Waals surface area contributed by atoms with Gasteiger partial charge >= 0.3 is 5.97 Å². The van der Waals surface area contributed by atoms with Gasteiger partial charge in [0.25, 0.3) is 0 Å². The quantitative estimate of drug-likeness (QED) is 0.362. The lowest BCUT2D eigenvalue weighted by Crippen LogP contribution is -2.13. The number of hydrogen-bond donors (Lipinski definition) is 2. The van der Waals surface area contributed by atoms with Crippen LogP contribution in [-0.4, -0.2) is 23.0 Å². The highest BCUT2D eigenvalue weighted by molar-refractivity contribution is 8.14. The van der Waals surface area contributed by atoms with E-state index in [0.717, 1.165) is 5.56 Å². The maximum Gasteiger partial charge on any atom is 0.330 e. The number of carbonyl (C=O) groups excluding carboxylic acids is 1. The van der Waals surface area contributed by atoms with Gasteiger partial charge in [0.15, 0.2) is 5.17 Å². The Balaban J connectivity index is 2.66. The summed E-state index contributed by atoms with van der Waals surface area (Å²) in [6.07, 6.45) is 3.84. The fraction of sp³-hybridized carbons (Fsp3) is 0.286. The Morgan fingerprint density at radius 1 is 1.47 bits per heavy atom. The Morgan fingerprint density at radius 2 is 2.16 bits per heavy atom. The van der Waals surface area contributed by atoms with Gasteiger partial charge in [-0.1, -0.05) is 48.2 Å². The number of nitrogens with one attached hydrogen (secondary N) is 1. The second kappa shape index (κ2) is 8.37. The van der Waals surface area contributed by atoms with Crippen LogP contribution in [-0.2, 0) is 16.0 Å². The molecule has 1 aromatic carbocycles. The van der Waals surface area contributed by atoms with E-state index in [4.69, 9.17) is 15.9 Å². The van der Waals surface area contributed by atoms with Gasteiger partial charge in [-0.15, -0.1) is 0 Å². The number of amidine groups is 1. The number of nitrogens with two attached hydrogens (primary N) is 1. The fourth-order valence-corrected chi connectivity index (χ4v) is 2.29. The molecule has 0 saturated heterocycles. The number of hydrogen-bond acceptors (Lipinski definition) is 4. The van der Waals surface area contributed by atoms with E-state index in [1.54, 1.807) is 13.0 Å².